The summed E-state index contributed by atoms with van der Waals surface area (Å²) in [5.41, 5.74) is 0.857. The molecule has 2 rings (SSSR count). The zero-order valence-corrected chi connectivity index (χ0v) is 9.40. The maximum atomic E-state index is 12.0. The van der Waals surface area contributed by atoms with Gasteiger partial charge in [0.15, 0.2) is 0 Å². The number of alkyl halides is 1. The second-order valence-electron chi connectivity index (χ2n) is 3.56. The van der Waals surface area contributed by atoms with Crippen LogP contribution in [0.15, 0.2) is 54.6 Å². The molecule has 0 aliphatic heterocycles. The Morgan fingerprint density at radius 3 is 2.47 bits per heavy atom. The van der Waals surface area contributed by atoms with Crippen LogP contribution >= 0.6 is 0 Å². The maximum absolute atomic E-state index is 12.0. The minimum absolute atomic E-state index is 0.314. The molecule has 3 heteroatoms. The summed E-state index contributed by atoms with van der Waals surface area (Å²) in [5, 5.41) is 2.97. The summed E-state index contributed by atoms with van der Waals surface area (Å²) in [4.78, 5) is 0. The molecule has 0 amide bonds. The van der Waals surface area contributed by atoms with Crippen LogP contribution in [0.2, 0.25) is 0 Å². The molecule has 2 aromatic rings. The van der Waals surface area contributed by atoms with Crippen LogP contribution in [0.4, 0.5) is 10.1 Å². The molecule has 0 fully saturated rings. The van der Waals surface area contributed by atoms with Crippen molar-refractivity contribution < 1.29 is 9.13 Å². The van der Waals surface area contributed by atoms with Crippen molar-refractivity contribution >= 4 is 5.69 Å². The maximum Gasteiger partial charge on any atom is 0.129 e. The Morgan fingerprint density at radius 1 is 0.941 bits per heavy atom. The Hall–Kier alpha value is -2.03. The van der Waals surface area contributed by atoms with Crippen LogP contribution in [0, 0.1) is 0 Å². The molecule has 0 unspecified atom stereocenters. The predicted octanol–water partition coefficient (Wildman–Crippen LogP) is 3.86. The van der Waals surface area contributed by atoms with Crippen molar-refractivity contribution in [1.82, 2.24) is 0 Å². The van der Waals surface area contributed by atoms with E-state index in [-0.39, 0.29) is 6.67 Å². The number of anilines is 1. The summed E-state index contributed by atoms with van der Waals surface area (Å²) in [6.45, 7) is -0.0709. The zero-order chi connectivity index (χ0) is 11.9. The highest BCUT2D eigenvalue weighted by atomic mass is 19.1. The number of hydrogen-bond donors (Lipinski definition) is 1. The van der Waals surface area contributed by atoms with E-state index in [4.69, 9.17) is 4.74 Å². The Morgan fingerprint density at radius 2 is 1.71 bits per heavy atom. The molecule has 2 aromatic carbocycles. The molecular weight excluding hydrogens is 217 g/mol. The lowest BCUT2D eigenvalue weighted by Gasteiger charge is -2.08. The third kappa shape index (κ3) is 3.48. The van der Waals surface area contributed by atoms with E-state index in [1.54, 1.807) is 0 Å². The number of para-hydroxylation sites is 1. The van der Waals surface area contributed by atoms with E-state index in [9.17, 15) is 4.39 Å². The van der Waals surface area contributed by atoms with E-state index >= 15 is 0 Å². The quantitative estimate of drug-likeness (QED) is 0.843. The molecule has 0 spiro atoms. The van der Waals surface area contributed by atoms with Crippen LogP contribution in [0.1, 0.15) is 0 Å². The van der Waals surface area contributed by atoms with Crippen LogP contribution < -0.4 is 10.1 Å². The summed E-state index contributed by atoms with van der Waals surface area (Å²) in [6.07, 6.45) is 0. The van der Waals surface area contributed by atoms with Gasteiger partial charge in [0.05, 0.1) is 0 Å². The SMILES string of the molecule is FCCNc1cccc(Oc2ccccc2)c1. The number of hydrogen-bond acceptors (Lipinski definition) is 2. The Kier molecular flexibility index (Phi) is 3.97. The highest BCUT2D eigenvalue weighted by Gasteiger charge is 1.98. The van der Waals surface area contributed by atoms with Gasteiger partial charge in [-0.3, -0.25) is 0 Å². The first-order valence-electron chi connectivity index (χ1n) is 5.51. The molecule has 0 aromatic heterocycles. The lowest BCUT2D eigenvalue weighted by Crippen LogP contribution is -2.02. The number of halogens is 1. The fraction of sp³-hybridized carbons (Fsp3) is 0.143. The van der Waals surface area contributed by atoms with Gasteiger partial charge in [-0.1, -0.05) is 24.3 Å². The lowest BCUT2D eigenvalue weighted by atomic mass is 10.3. The van der Waals surface area contributed by atoms with E-state index in [0.29, 0.717) is 6.54 Å². The van der Waals surface area contributed by atoms with Gasteiger partial charge in [-0.15, -0.1) is 0 Å². The second kappa shape index (κ2) is 5.89. The third-order valence-corrected chi connectivity index (χ3v) is 2.24. The van der Waals surface area contributed by atoms with Crippen molar-refractivity contribution in [3.05, 3.63) is 54.6 Å². The molecule has 0 aliphatic rings. The van der Waals surface area contributed by atoms with Gasteiger partial charge in [-0.2, -0.15) is 0 Å². The molecular formula is C14H14FNO. The zero-order valence-electron chi connectivity index (χ0n) is 9.40. The molecule has 0 aliphatic carbocycles. The van der Waals surface area contributed by atoms with Crippen LogP contribution in [0.25, 0.3) is 0 Å². The van der Waals surface area contributed by atoms with Gasteiger partial charge >= 0.3 is 0 Å². The van der Waals surface area contributed by atoms with Gasteiger partial charge in [0.2, 0.25) is 0 Å². The van der Waals surface area contributed by atoms with Crippen molar-refractivity contribution in [3.8, 4) is 11.5 Å². The molecule has 0 heterocycles. The van der Waals surface area contributed by atoms with Crippen molar-refractivity contribution in [3.63, 3.8) is 0 Å². The van der Waals surface area contributed by atoms with Gasteiger partial charge < -0.3 is 10.1 Å². The Labute approximate surface area is 100 Å². The first-order chi connectivity index (χ1) is 8.38. The Balaban J connectivity index is 2.06. The largest absolute Gasteiger partial charge is 0.457 e. The summed E-state index contributed by atoms with van der Waals surface area (Å²) in [5.74, 6) is 1.52. The van der Waals surface area contributed by atoms with Gasteiger partial charge in [-0.05, 0) is 24.3 Å². The summed E-state index contributed by atoms with van der Waals surface area (Å²) < 4.78 is 17.7. The molecule has 0 bridgehead atoms. The number of nitrogens with one attached hydrogen (secondary N) is 1. The molecule has 0 radical (unpaired) electrons. The van der Waals surface area contributed by atoms with Gasteiger partial charge in [0, 0.05) is 18.3 Å². The molecule has 0 saturated carbocycles. The van der Waals surface area contributed by atoms with Gasteiger partial charge in [-0.25, -0.2) is 4.39 Å². The number of rotatable bonds is 5. The monoisotopic (exact) mass is 231 g/mol. The van der Waals surface area contributed by atoms with E-state index in [1.165, 1.54) is 0 Å². The van der Waals surface area contributed by atoms with Crippen molar-refractivity contribution in [1.29, 1.82) is 0 Å². The smallest absolute Gasteiger partial charge is 0.129 e. The van der Waals surface area contributed by atoms with Crippen LogP contribution in [-0.4, -0.2) is 13.2 Å². The first kappa shape index (κ1) is 11.5. The summed E-state index contributed by atoms with van der Waals surface area (Å²) in [6, 6.07) is 17.0. The molecule has 0 atom stereocenters. The topological polar surface area (TPSA) is 21.3 Å². The summed E-state index contributed by atoms with van der Waals surface area (Å²) >= 11 is 0. The average Bonchev–Trinajstić information content (AvgIpc) is 2.38. The van der Waals surface area contributed by atoms with Crippen LogP contribution in [0.3, 0.4) is 0 Å². The first-order valence-corrected chi connectivity index (χ1v) is 5.51. The molecule has 17 heavy (non-hydrogen) atoms. The predicted molar refractivity (Wildman–Crippen MR) is 67.4 cm³/mol. The lowest BCUT2D eigenvalue weighted by molar-refractivity contribution is 0.482. The average molecular weight is 231 g/mol. The molecule has 0 saturated heterocycles. The van der Waals surface area contributed by atoms with Crippen LogP contribution in [-0.2, 0) is 0 Å². The standard InChI is InChI=1S/C14H14FNO/c15-9-10-16-12-5-4-8-14(11-12)17-13-6-2-1-3-7-13/h1-8,11,16H,9-10H2. The van der Waals surface area contributed by atoms with Gasteiger partial charge in [0.25, 0.3) is 0 Å². The van der Waals surface area contributed by atoms with E-state index in [1.807, 2.05) is 54.6 Å². The van der Waals surface area contributed by atoms with E-state index < -0.39 is 0 Å². The normalized spacial score (nSPS) is 9.94. The van der Waals surface area contributed by atoms with Crippen LogP contribution in [0.5, 0.6) is 11.5 Å². The molecule has 2 nitrogen and oxygen atoms in total. The minimum Gasteiger partial charge on any atom is -0.457 e. The van der Waals surface area contributed by atoms with E-state index in [2.05, 4.69) is 5.32 Å². The van der Waals surface area contributed by atoms with Gasteiger partial charge in [0.1, 0.15) is 18.2 Å². The van der Waals surface area contributed by atoms with Crippen molar-refractivity contribution in [2.75, 3.05) is 18.5 Å². The van der Waals surface area contributed by atoms with E-state index in [0.717, 1.165) is 17.2 Å². The second-order valence-corrected chi connectivity index (χ2v) is 3.56. The molecule has 1 N–H and O–H groups in total. The number of ether oxygens (including phenoxy) is 1. The minimum atomic E-state index is -0.385. The fourth-order valence-corrected chi connectivity index (χ4v) is 1.49. The highest BCUT2D eigenvalue weighted by Crippen LogP contribution is 2.23. The van der Waals surface area contributed by atoms with Crippen molar-refractivity contribution in [2.24, 2.45) is 0 Å². The highest BCUT2D eigenvalue weighted by molar-refractivity contribution is 5.49. The van der Waals surface area contributed by atoms with Crippen molar-refractivity contribution in [2.45, 2.75) is 0 Å². The summed E-state index contributed by atoms with van der Waals surface area (Å²) in [7, 11) is 0. The Bertz CT molecular complexity index is 459. The fourth-order valence-electron chi connectivity index (χ4n) is 1.49. The molecule has 88 valence electrons. The third-order valence-electron chi connectivity index (χ3n) is 2.24. The number of benzene rings is 2.